The first kappa shape index (κ1) is 23.5. The number of fused-ring (bicyclic) bond motifs is 2. The van der Waals surface area contributed by atoms with E-state index in [2.05, 4.69) is 0 Å². The summed E-state index contributed by atoms with van der Waals surface area (Å²) in [4.78, 5) is 44.8. The van der Waals surface area contributed by atoms with E-state index in [-0.39, 0.29) is 24.5 Å². The number of aliphatic hydroxyl groups excluding tert-OH is 1. The summed E-state index contributed by atoms with van der Waals surface area (Å²) < 4.78 is 12.1. The fourth-order valence-corrected chi connectivity index (χ4v) is 6.63. The minimum absolute atomic E-state index is 0.0294. The number of amides is 2. The van der Waals surface area contributed by atoms with Gasteiger partial charge in [-0.2, -0.15) is 0 Å². The molecule has 0 bridgehead atoms. The molecule has 0 aromatic carbocycles. The smallest absolute Gasteiger partial charge is 0.312 e. The summed E-state index contributed by atoms with van der Waals surface area (Å²) in [6, 6.07) is -0.640. The molecule has 1 unspecified atom stereocenters. The topological polar surface area (TPSA) is 96.4 Å². The second-order valence-electron chi connectivity index (χ2n) is 10.2. The molecule has 2 amide bonds. The summed E-state index contributed by atoms with van der Waals surface area (Å²) in [5, 5.41) is 9.30. The van der Waals surface area contributed by atoms with E-state index in [1.165, 1.54) is 6.42 Å². The largest absolute Gasteiger partial charge is 0.465 e. The Kier molecular flexibility index (Phi) is 6.80. The van der Waals surface area contributed by atoms with E-state index in [0.29, 0.717) is 32.5 Å². The Morgan fingerprint density at radius 1 is 1.03 bits per heavy atom. The first-order valence-electron chi connectivity index (χ1n) is 13.0. The van der Waals surface area contributed by atoms with Crippen LogP contribution in [0.15, 0.2) is 24.3 Å². The molecule has 1 saturated carbocycles. The van der Waals surface area contributed by atoms with Crippen molar-refractivity contribution in [2.75, 3.05) is 26.3 Å². The first-order chi connectivity index (χ1) is 16.6. The molecule has 5 rings (SSSR count). The molecule has 0 radical (unpaired) electrons. The number of hydrogen-bond donors (Lipinski definition) is 1. The molecule has 34 heavy (non-hydrogen) atoms. The third-order valence-corrected chi connectivity index (χ3v) is 8.20. The summed E-state index contributed by atoms with van der Waals surface area (Å²) in [5.41, 5.74) is -1.19. The van der Waals surface area contributed by atoms with E-state index in [0.717, 1.165) is 38.5 Å². The highest BCUT2D eigenvalue weighted by atomic mass is 16.6. The van der Waals surface area contributed by atoms with Gasteiger partial charge in [0.05, 0.1) is 18.6 Å². The van der Waals surface area contributed by atoms with Crippen molar-refractivity contribution in [1.82, 2.24) is 9.80 Å². The number of unbranched alkanes of at least 4 members (excludes halogenated alkanes) is 1. The zero-order valence-electron chi connectivity index (χ0n) is 19.8. The highest BCUT2D eigenvalue weighted by molar-refractivity contribution is 5.99. The summed E-state index contributed by atoms with van der Waals surface area (Å²) in [6.45, 7) is 1.19. The number of carbonyl (C=O) groups is 3. The van der Waals surface area contributed by atoms with Gasteiger partial charge in [0.1, 0.15) is 17.6 Å². The van der Waals surface area contributed by atoms with Crippen molar-refractivity contribution in [3.8, 4) is 0 Å². The number of hydrogen-bond acceptors (Lipinski definition) is 6. The van der Waals surface area contributed by atoms with Crippen LogP contribution in [0.1, 0.15) is 57.8 Å². The van der Waals surface area contributed by atoms with E-state index in [1.807, 2.05) is 29.2 Å². The van der Waals surface area contributed by atoms with Crippen molar-refractivity contribution in [1.29, 1.82) is 0 Å². The second-order valence-corrected chi connectivity index (χ2v) is 10.2. The zero-order valence-corrected chi connectivity index (χ0v) is 19.8. The standard InChI is InChI=1S/C26H36N2O6/c29-16-7-6-14-28-22-24(31)27(18-10-3-1-4-11-18)15-9-13-26(22)21(23(28)30)20-19(34-26)12-5-2-8-17-33-25(20)32/h5,9,12-13,18-22,29H,1-4,6-8,10-11,14-17H2/b12-5-/t19-,20+,21-,22?,26-/m0/s1. The quantitative estimate of drug-likeness (QED) is 0.373. The molecule has 8 heteroatoms. The van der Waals surface area contributed by atoms with Crippen LogP contribution in [-0.2, 0) is 23.9 Å². The molecule has 0 aromatic rings. The summed E-state index contributed by atoms with van der Waals surface area (Å²) in [5.74, 6) is -2.29. The molecule has 1 spiro atoms. The lowest BCUT2D eigenvalue weighted by atomic mass is 9.78. The summed E-state index contributed by atoms with van der Waals surface area (Å²) in [6.07, 6.45) is 15.1. The molecule has 1 aliphatic carbocycles. The van der Waals surface area contributed by atoms with Gasteiger partial charge in [0.2, 0.25) is 11.8 Å². The fourth-order valence-electron chi connectivity index (χ4n) is 6.63. The van der Waals surface area contributed by atoms with Crippen LogP contribution in [0.2, 0.25) is 0 Å². The number of carbonyl (C=O) groups excluding carboxylic acids is 3. The van der Waals surface area contributed by atoms with Gasteiger partial charge >= 0.3 is 5.97 Å². The molecule has 1 N–H and O–H groups in total. The zero-order chi connectivity index (χ0) is 23.7. The number of esters is 1. The summed E-state index contributed by atoms with van der Waals surface area (Å²) in [7, 11) is 0. The SMILES string of the molecule is O=C1OCCC/C=C\[C@@H]2O[C@]34C=CCN(C5CCCCC5)C(=O)C3N(CCCCO)C(=O)[C@@H]4[C@H]12. The van der Waals surface area contributed by atoms with Gasteiger partial charge < -0.3 is 24.4 Å². The van der Waals surface area contributed by atoms with Crippen LogP contribution in [0.4, 0.5) is 0 Å². The van der Waals surface area contributed by atoms with Crippen LogP contribution >= 0.6 is 0 Å². The number of cyclic esters (lactones) is 1. The Morgan fingerprint density at radius 2 is 1.85 bits per heavy atom. The first-order valence-corrected chi connectivity index (χ1v) is 13.0. The lowest BCUT2D eigenvalue weighted by Gasteiger charge is -2.39. The van der Waals surface area contributed by atoms with Gasteiger partial charge in [0.25, 0.3) is 0 Å². The van der Waals surface area contributed by atoms with Gasteiger partial charge in [-0.15, -0.1) is 0 Å². The van der Waals surface area contributed by atoms with Crippen LogP contribution in [0.3, 0.4) is 0 Å². The minimum atomic E-state index is -1.19. The highest BCUT2D eigenvalue weighted by Gasteiger charge is 2.71. The molecule has 186 valence electrons. The van der Waals surface area contributed by atoms with Crippen molar-refractivity contribution in [3.63, 3.8) is 0 Å². The van der Waals surface area contributed by atoms with Crippen LogP contribution in [0.5, 0.6) is 0 Å². The molecule has 3 fully saturated rings. The number of ether oxygens (including phenoxy) is 2. The van der Waals surface area contributed by atoms with Gasteiger partial charge in [-0.25, -0.2) is 0 Å². The van der Waals surface area contributed by atoms with Gasteiger partial charge in [-0.3, -0.25) is 14.4 Å². The third-order valence-electron chi connectivity index (χ3n) is 8.20. The van der Waals surface area contributed by atoms with Crippen LogP contribution < -0.4 is 0 Å². The number of aliphatic hydroxyl groups is 1. The summed E-state index contributed by atoms with van der Waals surface area (Å²) >= 11 is 0. The molecule has 4 heterocycles. The Hall–Kier alpha value is -2.19. The average molecular weight is 473 g/mol. The van der Waals surface area contributed by atoms with Crippen molar-refractivity contribution in [3.05, 3.63) is 24.3 Å². The van der Waals surface area contributed by atoms with E-state index in [4.69, 9.17) is 9.47 Å². The Morgan fingerprint density at radius 3 is 2.65 bits per heavy atom. The van der Waals surface area contributed by atoms with E-state index >= 15 is 0 Å². The molecule has 5 aliphatic rings. The van der Waals surface area contributed by atoms with Gasteiger partial charge in [-0.1, -0.05) is 43.6 Å². The van der Waals surface area contributed by atoms with Crippen LogP contribution in [0.25, 0.3) is 0 Å². The Balaban J connectivity index is 1.54. The normalized spacial score (nSPS) is 37.3. The van der Waals surface area contributed by atoms with Crippen molar-refractivity contribution >= 4 is 17.8 Å². The van der Waals surface area contributed by atoms with Crippen molar-refractivity contribution in [2.24, 2.45) is 11.8 Å². The maximum Gasteiger partial charge on any atom is 0.312 e. The Labute approximate surface area is 200 Å². The van der Waals surface area contributed by atoms with Gasteiger partial charge in [0.15, 0.2) is 0 Å². The predicted octanol–water partition coefficient (Wildman–Crippen LogP) is 1.96. The van der Waals surface area contributed by atoms with Gasteiger partial charge in [0, 0.05) is 25.7 Å². The van der Waals surface area contributed by atoms with Crippen LogP contribution in [0, 0.1) is 11.8 Å². The molecule has 8 nitrogen and oxygen atoms in total. The second kappa shape index (κ2) is 9.82. The molecular formula is C26H36N2O6. The predicted molar refractivity (Wildman–Crippen MR) is 123 cm³/mol. The molecule has 0 aromatic heterocycles. The highest BCUT2D eigenvalue weighted by Crippen LogP contribution is 2.53. The maximum atomic E-state index is 14.2. The Bertz CT molecular complexity index is 865. The monoisotopic (exact) mass is 472 g/mol. The average Bonchev–Trinajstić information content (AvgIpc) is 3.25. The number of rotatable bonds is 5. The number of likely N-dealkylation sites (tertiary alicyclic amines) is 1. The number of nitrogens with zero attached hydrogens (tertiary/aromatic N) is 2. The molecular weight excluding hydrogens is 436 g/mol. The number of allylic oxidation sites excluding steroid dienone is 1. The minimum Gasteiger partial charge on any atom is -0.465 e. The third kappa shape index (κ3) is 3.88. The lowest BCUT2D eigenvalue weighted by Crippen LogP contribution is -2.57. The molecule has 4 aliphatic heterocycles. The van der Waals surface area contributed by atoms with Crippen molar-refractivity contribution in [2.45, 2.75) is 81.6 Å². The van der Waals surface area contributed by atoms with Crippen LogP contribution in [-0.4, -0.2) is 82.8 Å². The van der Waals surface area contributed by atoms with E-state index < -0.39 is 35.6 Å². The van der Waals surface area contributed by atoms with E-state index in [9.17, 15) is 19.5 Å². The lowest BCUT2D eigenvalue weighted by molar-refractivity contribution is -0.155. The van der Waals surface area contributed by atoms with Crippen molar-refractivity contribution < 1.29 is 29.0 Å². The maximum absolute atomic E-state index is 14.2. The molecule has 2 saturated heterocycles. The van der Waals surface area contributed by atoms with Gasteiger partial charge in [-0.05, 0) is 38.5 Å². The molecule has 5 atom stereocenters. The van der Waals surface area contributed by atoms with E-state index in [1.54, 1.807) is 4.90 Å². The fraction of sp³-hybridized carbons (Fsp3) is 0.731.